The molecule has 0 aromatic carbocycles. The highest BCUT2D eigenvalue weighted by Crippen LogP contribution is 2.22. The predicted octanol–water partition coefficient (Wildman–Crippen LogP) is 2.06. The van der Waals surface area contributed by atoms with Crippen LogP contribution in [0.5, 0.6) is 0 Å². The van der Waals surface area contributed by atoms with Gasteiger partial charge in [-0.3, -0.25) is 4.68 Å². The van der Waals surface area contributed by atoms with E-state index in [9.17, 15) is 0 Å². The molecule has 4 heteroatoms. The number of anilines is 1. The third-order valence-corrected chi connectivity index (χ3v) is 2.72. The van der Waals surface area contributed by atoms with E-state index in [2.05, 4.69) is 23.9 Å². The zero-order valence-corrected chi connectivity index (χ0v) is 10.3. The summed E-state index contributed by atoms with van der Waals surface area (Å²) < 4.78 is 1.83. The van der Waals surface area contributed by atoms with Gasteiger partial charge in [-0.15, -0.1) is 0 Å². The predicted molar refractivity (Wildman–Crippen MR) is 66.2 cm³/mol. The minimum absolute atomic E-state index is 0.584. The molecule has 0 aliphatic heterocycles. The van der Waals surface area contributed by atoms with Gasteiger partial charge in [-0.1, -0.05) is 13.8 Å². The second-order valence-electron chi connectivity index (χ2n) is 4.70. The van der Waals surface area contributed by atoms with Crippen LogP contribution in [0, 0.1) is 12.8 Å². The van der Waals surface area contributed by atoms with Crippen LogP contribution in [0.4, 0.5) is 5.69 Å². The molecule has 2 aromatic rings. The monoisotopic (exact) mass is 218 g/mol. The van der Waals surface area contributed by atoms with Crippen molar-refractivity contribution in [2.24, 2.45) is 13.0 Å². The van der Waals surface area contributed by atoms with Gasteiger partial charge in [0.05, 0.1) is 17.1 Å². The van der Waals surface area contributed by atoms with Gasteiger partial charge < -0.3 is 5.73 Å². The summed E-state index contributed by atoms with van der Waals surface area (Å²) in [4.78, 5) is 4.48. The van der Waals surface area contributed by atoms with E-state index in [0.29, 0.717) is 5.92 Å². The Bertz CT molecular complexity index is 525. The Balaban J connectivity index is 2.64. The van der Waals surface area contributed by atoms with Crippen molar-refractivity contribution in [2.45, 2.75) is 27.2 Å². The normalized spacial score (nSPS) is 11.6. The maximum Gasteiger partial charge on any atom is 0.158 e. The number of hydrogen-bond acceptors (Lipinski definition) is 3. The van der Waals surface area contributed by atoms with Crippen LogP contribution in [0.3, 0.4) is 0 Å². The summed E-state index contributed by atoms with van der Waals surface area (Å²) in [5.41, 5.74) is 9.51. The van der Waals surface area contributed by atoms with Crippen molar-refractivity contribution in [1.29, 1.82) is 0 Å². The van der Waals surface area contributed by atoms with Gasteiger partial charge in [-0.2, -0.15) is 5.10 Å². The van der Waals surface area contributed by atoms with E-state index in [0.717, 1.165) is 34.5 Å². The smallest absolute Gasteiger partial charge is 0.158 e. The van der Waals surface area contributed by atoms with Crippen LogP contribution in [0.2, 0.25) is 0 Å². The highest BCUT2D eigenvalue weighted by atomic mass is 15.3. The Kier molecular flexibility index (Phi) is 2.58. The third-order valence-electron chi connectivity index (χ3n) is 2.72. The van der Waals surface area contributed by atoms with Crippen LogP contribution in [0.1, 0.15) is 25.2 Å². The van der Waals surface area contributed by atoms with Crippen LogP contribution in [0.25, 0.3) is 11.0 Å². The molecule has 2 N–H and O–H groups in total. The van der Waals surface area contributed by atoms with E-state index in [1.54, 1.807) is 0 Å². The highest BCUT2D eigenvalue weighted by molar-refractivity contribution is 5.82. The van der Waals surface area contributed by atoms with Gasteiger partial charge in [0, 0.05) is 12.4 Å². The Morgan fingerprint density at radius 3 is 2.75 bits per heavy atom. The van der Waals surface area contributed by atoms with E-state index in [1.165, 1.54) is 0 Å². The van der Waals surface area contributed by atoms with Gasteiger partial charge in [0.2, 0.25) is 0 Å². The third kappa shape index (κ3) is 1.75. The lowest BCUT2D eigenvalue weighted by molar-refractivity contribution is 0.624. The number of aryl methyl sites for hydroxylation is 2. The summed E-state index contributed by atoms with van der Waals surface area (Å²) in [5.74, 6) is 0.584. The zero-order chi connectivity index (χ0) is 11.9. The van der Waals surface area contributed by atoms with Crippen molar-refractivity contribution < 1.29 is 0 Å². The molecule has 0 amide bonds. The first-order valence-corrected chi connectivity index (χ1v) is 5.57. The lowest BCUT2D eigenvalue weighted by atomic mass is 10.1. The maximum atomic E-state index is 5.90. The summed E-state index contributed by atoms with van der Waals surface area (Å²) in [6.07, 6.45) is 0.960. The second-order valence-corrected chi connectivity index (χ2v) is 4.70. The van der Waals surface area contributed by atoms with Crippen molar-refractivity contribution in [3.05, 3.63) is 17.5 Å². The molecule has 16 heavy (non-hydrogen) atoms. The lowest BCUT2D eigenvalue weighted by Gasteiger charge is -2.02. The molecule has 4 nitrogen and oxygen atoms in total. The molecule has 0 spiro atoms. The van der Waals surface area contributed by atoms with Gasteiger partial charge >= 0.3 is 0 Å². The Labute approximate surface area is 95.5 Å². The lowest BCUT2D eigenvalue weighted by Crippen LogP contribution is -1.97. The topological polar surface area (TPSA) is 56.7 Å². The molecular formula is C12H18N4. The minimum Gasteiger partial charge on any atom is -0.397 e. The van der Waals surface area contributed by atoms with Crippen LogP contribution < -0.4 is 5.73 Å². The molecule has 2 rings (SSSR count). The number of pyridine rings is 1. The molecule has 0 aliphatic carbocycles. The minimum atomic E-state index is 0.584. The molecule has 0 saturated carbocycles. The van der Waals surface area contributed by atoms with Gasteiger partial charge in [0.15, 0.2) is 5.65 Å². The first-order valence-electron chi connectivity index (χ1n) is 5.57. The first kappa shape index (κ1) is 10.9. The first-order chi connectivity index (χ1) is 7.49. The van der Waals surface area contributed by atoms with Crippen LogP contribution in [0.15, 0.2) is 6.07 Å². The molecular weight excluding hydrogens is 200 g/mol. The van der Waals surface area contributed by atoms with E-state index in [1.807, 2.05) is 24.7 Å². The summed E-state index contributed by atoms with van der Waals surface area (Å²) in [7, 11) is 1.93. The van der Waals surface area contributed by atoms with Crippen molar-refractivity contribution >= 4 is 16.7 Å². The molecule has 2 aromatic heterocycles. The summed E-state index contributed by atoms with van der Waals surface area (Å²) in [5, 5.41) is 5.59. The average molecular weight is 218 g/mol. The molecule has 86 valence electrons. The van der Waals surface area contributed by atoms with Crippen LogP contribution >= 0.6 is 0 Å². The van der Waals surface area contributed by atoms with E-state index in [4.69, 9.17) is 5.73 Å². The Morgan fingerprint density at radius 1 is 1.44 bits per heavy atom. The number of hydrogen-bond donors (Lipinski definition) is 1. The van der Waals surface area contributed by atoms with Crippen molar-refractivity contribution in [3.63, 3.8) is 0 Å². The summed E-state index contributed by atoms with van der Waals surface area (Å²) in [6, 6.07) is 1.99. The quantitative estimate of drug-likeness (QED) is 0.839. The van der Waals surface area contributed by atoms with Crippen molar-refractivity contribution in [1.82, 2.24) is 14.8 Å². The van der Waals surface area contributed by atoms with Crippen molar-refractivity contribution in [3.8, 4) is 0 Å². The maximum absolute atomic E-state index is 5.90. The van der Waals surface area contributed by atoms with Gasteiger partial charge in [-0.05, 0) is 25.3 Å². The standard InChI is InChI=1S/C12H18N4/c1-7(2)5-11-9-6-10(13)8(3)14-12(9)16(4)15-11/h6-7H,5,13H2,1-4H3. The van der Waals surface area contributed by atoms with Gasteiger partial charge in [0.1, 0.15) is 0 Å². The fourth-order valence-electron chi connectivity index (χ4n) is 1.89. The molecule has 0 saturated heterocycles. The number of nitrogen functional groups attached to an aromatic ring is 1. The Hall–Kier alpha value is -1.58. The zero-order valence-electron chi connectivity index (χ0n) is 10.3. The summed E-state index contributed by atoms with van der Waals surface area (Å²) >= 11 is 0. The molecule has 0 bridgehead atoms. The van der Waals surface area contributed by atoms with Crippen LogP contribution in [-0.4, -0.2) is 14.8 Å². The Morgan fingerprint density at radius 2 is 2.12 bits per heavy atom. The molecule has 0 radical (unpaired) electrons. The van der Waals surface area contributed by atoms with E-state index in [-0.39, 0.29) is 0 Å². The fourth-order valence-corrected chi connectivity index (χ4v) is 1.89. The number of fused-ring (bicyclic) bond motifs is 1. The number of nitrogens with two attached hydrogens (primary N) is 1. The summed E-state index contributed by atoms with van der Waals surface area (Å²) in [6.45, 7) is 6.29. The molecule has 2 heterocycles. The average Bonchev–Trinajstić information content (AvgIpc) is 2.44. The SMILES string of the molecule is Cc1nc2c(cc1N)c(CC(C)C)nn2C. The molecule has 0 atom stereocenters. The van der Waals surface area contributed by atoms with Gasteiger partial charge in [0.25, 0.3) is 0 Å². The van der Waals surface area contributed by atoms with Gasteiger partial charge in [-0.25, -0.2) is 4.98 Å². The highest BCUT2D eigenvalue weighted by Gasteiger charge is 2.12. The van der Waals surface area contributed by atoms with E-state index >= 15 is 0 Å². The molecule has 0 aliphatic rings. The van der Waals surface area contributed by atoms with Crippen molar-refractivity contribution in [2.75, 3.05) is 5.73 Å². The largest absolute Gasteiger partial charge is 0.397 e. The number of rotatable bonds is 2. The molecule has 0 unspecified atom stereocenters. The van der Waals surface area contributed by atoms with Crippen LogP contribution in [-0.2, 0) is 13.5 Å². The second kappa shape index (κ2) is 3.77. The number of aromatic nitrogens is 3. The fraction of sp³-hybridized carbons (Fsp3) is 0.500. The molecule has 0 fully saturated rings. The van der Waals surface area contributed by atoms with E-state index < -0.39 is 0 Å². The number of nitrogens with zero attached hydrogens (tertiary/aromatic N) is 3.